The summed E-state index contributed by atoms with van der Waals surface area (Å²) in [5.41, 5.74) is 1.05. The lowest BCUT2D eigenvalue weighted by molar-refractivity contribution is -0.127. The van der Waals surface area contributed by atoms with Gasteiger partial charge in [-0.15, -0.1) is 0 Å². The first kappa shape index (κ1) is 16.0. The third-order valence-corrected chi connectivity index (χ3v) is 3.83. The van der Waals surface area contributed by atoms with Gasteiger partial charge in [0.2, 0.25) is 0 Å². The summed E-state index contributed by atoms with van der Waals surface area (Å²) >= 11 is 0. The Hall–Kier alpha value is -2.88. The predicted octanol–water partition coefficient (Wildman–Crippen LogP) is 4.06. The van der Waals surface area contributed by atoms with Crippen LogP contribution in [0.15, 0.2) is 66.7 Å². The standard InChI is InChI=1S/C20H18FNO2/c1-14(24-18-11-9-17(21)10-12-18)20(23)22-13-16-7-4-6-15-5-2-3-8-19(15)16/h2-12,14H,13H2,1H3,(H,22,23). The van der Waals surface area contributed by atoms with Crippen molar-refractivity contribution in [3.05, 3.63) is 78.1 Å². The van der Waals surface area contributed by atoms with E-state index in [1.807, 2.05) is 42.5 Å². The molecule has 0 saturated carbocycles. The summed E-state index contributed by atoms with van der Waals surface area (Å²) in [5, 5.41) is 5.14. The summed E-state index contributed by atoms with van der Waals surface area (Å²) in [6.45, 7) is 2.10. The SMILES string of the molecule is CC(Oc1ccc(F)cc1)C(=O)NCc1cccc2ccccc12. The third-order valence-electron chi connectivity index (χ3n) is 3.83. The van der Waals surface area contributed by atoms with E-state index in [2.05, 4.69) is 5.32 Å². The molecule has 0 aliphatic carbocycles. The molecule has 1 amide bonds. The van der Waals surface area contributed by atoms with E-state index in [9.17, 15) is 9.18 Å². The van der Waals surface area contributed by atoms with Gasteiger partial charge in [0, 0.05) is 6.54 Å². The zero-order chi connectivity index (χ0) is 16.9. The molecule has 1 N–H and O–H groups in total. The second kappa shape index (κ2) is 7.13. The van der Waals surface area contributed by atoms with Crippen molar-refractivity contribution < 1.29 is 13.9 Å². The van der Waals surface area contributed by atoms with Crippen LogP contribution in [0.1, 0.15) is 12.5 Å². The Morgan fingerprint density at radius 1 is 1.04 bits per heavy atom. The van der Waals surface area contributed by atoms with Gasteiger partial charge >= 0.3 is 0 Å². The highest BCUT2D eigenvalue weighted by atomic mass is 19.1. The van der Waals surface area contributed by atoms with Gasteiger partial charge in [-0.25, -0.2) is 4.39 Å². The molecule has 0 heterocycles. The van der Waals surface area contributed by atoms with Crippen LogP contribution in [0.25, 0.3) is 10.8 Å². The van der Waals surface area contributed by atoms with Gasteiger partial charge in [-0.1, -0.05) is 42.5 Å². The van der Waals surface area contributed by atoms with E-state index in [1.165, 1.54) is 24.3 Å². The maximum Gasteiger partial charge on any atom is 0.261 e. The first-order chi connectivity index (χ1) is 11.6. The fourth-order valence-corrected chi connectivity index (χ4v) is 2.54. The van der Waals surface area contributed by atoms with Crippen LogP contribution in [0, 0.1) is 5.82 Å². The molecule has 0 radical (unpaired) electrons. The third kappa shape index (κ3) is 3.71. The number of ether oxygens (including phenoxy) is 1. The van der Waals surface area contributed by atoms with Crippen LogP contribution < -0.4 is 10.1 Å². The van der Waals surface area contributed by atoms with Crippen molar-refractivity contribution in [2.24, 2.45) is 0 Å². The summed E-state index contributed by atoms with van der Waals surface area (Å²) in [6, 6.07) is 19.7. The fraction of sp³-hybridized carbons (Fsp3) is 0.150. The van der Waals surface area contributed by atoms with Gasteiger partial charge < -0.3 is 10.1 Å². The van der Waals surface area contributed by atoms with E-state index in [1.54, 1.807) is 6.92 Å². The van der Waals surface area contributed by atoms with E-state index in [-0.39, 0.29) is 11.7 Å². The van der Waals surface area contributed by atoms with Crippen LogP contribution >= 0.6 is 0 Å². The second-order valence-electron chi connectivity index (χ2n) is 5.57. The number of fused-ring (bicyclic) bond motifs is 1. The molecular weight excluding hydrogens is 305 g/mol. The van der Waals surface area contributed by atoms with Gasteiger partial charge in [-0.3, -0.25) is 4.79 Å². The lowest BCUT2D eigenvalue weighted by Gasteiger charge is -2.15. The summed E-state index contributed by atoms with van der Waals surface area (Å²) in [4.78, 5) is 12.2. The van der Waals surface area contributed by atoms with Crippen molar-refractivity contribution in [1.29, 1.82) is 0 Å². The molecule has 1 unspecified atom stereocenters. The number of carbonyl (C=O) groups is 1. The molecule has 122 valence electrons. The average Bonchev–Trinajstić information content (AvgIpc) is 2.61. The molecule has 24 heavy (non-hydrogen) atoms. The number of benzene rings is 3. The van der Waals surface area contributed by atoms with Crippen molar-refractivity contribution in [1.82, 2.24) is 5.32 Å². The van der Waals surface area contributed by atoms with Crippen LogP contribution in [0.2, 0.25) is 0 Å². The van der Waals surface area contributed by atoms with Crippen molar-refractivity contribution in [2.45, 2.75) is 19.6 Å². The summed E-state index contributed by atoms with van der Waals surface area (Å²) in [7, 11) is 0. The quantitative estimate of drug-likeness (QED) is 0.769. The molecule has 0 bridgehead atoms. The lowest BCUT2D eigenvalue weighted by Crippen LogP contribution is -2.35. The smallest absolute Gasteiger partial charge is 0.261 e. The van der Waals surface area contributed by atoms with E-state index < -0.39 is 6.10 Å². The van der Waals surface area contributed by atoms with Gasteiger partial charge in [0.1, 0.15) is 11.6 Å². The molecule has 3 aromatic rings. The molecule has 0 aliphatic rings. The normalized spacial score (nSPS) is 11.9. The van der Waals surface area contributed by atoms with Crippen LogP contribution in [0.3, 0.4) is 0 Å². The maximum atomic E-state index is 12.9. The molecule has 0 saturated heterocycles. The summed E-state index contributed by atoms with van der Waals surface area (Å²) in [6.07, 6.45) is -0.662. The minimum absolute atomic E-state index is 0.216. The van der Waals surface area contributed by atoms with Gasteiger partial charge in [0.15, 0.2) is 6.10 Å². The van der Waals surface area contributed by atoms with Crippen molar-refractivity contribution in [2.75, 3.05) is 0 Å². The monoisotopic (exact) mass is 323 g/mol. The molecule has 3 aromatic carbocycles. The van der Waals surface area contributed by atoms with Crippen LogP contribution in [-0.4, -0.2) is 12.0 Å². The zero-order valence-corrected chi connectivity index (χ0v) is 13.3. The number of rotatable bonds is 5. The van der Waals surface area contributed by atoms with Gasteiger partial charge in [0.05, 0.1) is 0 Å². The first-order valence-corrected chi connectivity index (χ1v) is 7.80. The molecule has 0 spiro atoms. The van der Waals surface area contributed by atoms with Crippen molar-refractivity contribution >= 4 is 16.7 Å². The number of amides is 1. The number of halogens is 1. The molecule has 0 aliphatic heterocycles. The van der Waals surface area contributed by atoms with E-state index >= 15 is 0 Å². The Morgan fingerprint density at radius 2 is 1.75 bits per heavy atom. The van der Waals surface area contributed by atoms with Crippen molar-refractivity contribution in [3.8, 4) is 5.75 Å². The molecule has 3 nitrogen and oxygen atoms in total. The highest BCUT2D eigenvalue weighted by Crippen LogP contribution is 2.18. The van der Waals surface area contributed by atoms with Gasteiger partial charge in [-0.05, 0) is 47.5 Å². The maximum absolute atomic E-state index is 12.9. The highest BCUT2D eigenvalue weighted by molar-refractivity contribution is 5.86. The summed E-state index contributed by atoms with van der Waals surface area (Å²) < 4.78 is 18.4. The number of hydrogen-bond acceptors (Lipinski definition) is 2. The molecule has 4 heteroatoms. The molecule has 0 aromatic heterocycles. The topological polar surface area (TPSA) is 38.3 Å². The fourth-order valence-electron chi connectivity index (χ4n) is 2.54. The number of carbonyl (C=O) groups excluding carboxylic acids is 1. The lowest BCUT2D eigenvalue weighted by atomic mass is 10.0. The Labute approximate surface area is 140 Å². The van der Waals surface area contributed by atoms with Gasteiger partial charge in [0.25, 0.3) is 5.91 Å². The largest absolute Gasteiger partial charge is 0.481 e. The van der Waals surface area contributed by atoms with E-state index in [0.717, 1.165) is 16.3 Å². The second-order valence-corrected chi connectivity index (χ2v) is 5.57. The van der Waals surface area contributed by atoms with Crippen LogP contribution in [0.4, 0.5) is 4.39 Å². The Morgan fingerprint density at radius 3 is 2.54 bits per heavy atom. The van der Waals surface area contributed by atoms with Crippen LogP contribution in [0.5, 0.6) is 5.75 Å². The zero-order valence-electron chi connectivity index (χ0n) is 13.3. The molecule has 3 rings (SSSR count). The van der Waals surface area contributed by atoms with E-state index in [0.29, 0.717) is 12.3 Å². The summed E-state index contributed by atoms with van der Waals surface area (Å²) in [5.74, 6) is -0.0909. The molecule has 1 atom stereocenters. The number of nitrogens with one attached hydrogen (secondary N) is 1. The minimum Gasteiger partial charge on any atom is -0.481 e. The van der Waals surface area contributed by atoms with Crippen molar-refractivity contribution in [3.63, 3.8) is 0 Å². The predicted molar refractivity (Wildman–Crippen MR) is 92.3 cm³/mol. The Bertz CT molecular complexity index is 840. The average molecular weight is 323 g/mol. The number of hydrogen-bond donors (Lipinski definition) is 1. The Balaban J connectivity index is 1.63. The molecule has 0 fully saturated rings. The first-order valence-electron chi connectivity index (χ1n) is 7.80. The van der Waals surface area contributed by atoms with E-state index in [4.69, 9.17) is 4.74 Å². The Kier molecular flexibility index (Phi) is 4.75. The highest BCUT2D eigenvalue weighted by Gasteiger charge is 2.14. The minimum atomic E-state index is -0.662. The molecular formula is C20H18FNO2. The van der Waals surface area contributed by atoms with Crippen LogP contribution in [-0.2, 0) is 11.3 Å². The van der Waals surface area contributed by atoms with Gasteiger partial charge in [-0.2, -0.15) is 0 Å².